The molecule has 4 N–H and O–H groups in total. The molecule has 0 heterocycles. The molecule has 22 heavy (non-hydrogen) atoms. The van der Waals surface area contributed by atoms with Crippen LogP contribution in [-0.2, 0) is 5.41 Å². The van der Waals surface area contributed by atoms with Gasteiger partial charge in [0.05, 0.1) is 11.7 Å². The lowest BCUT2D eigenvalue weighted by Gasteiger charge is -2.24. The number of nitrogens with one attached hydrogen (secondary N) is 2. The van der Waals surface area contributed by atoms with Crippen molar-refractivity contribution in [1.82, 2.24) is 0 Å². The quantitative estimate of drug-likeness (QED) is 0.547. The van der Waals surface area contributed by atoms with Crippen LogP contribution in [0.3, 0.4) is 0 Å². The summed E-state index contributed by atoms with van der Waals surface area (Å²) >= 11 is 0. The molecule has 2 rings (SSSR count). The predicted octanol–water partition coefficient (Wildman–Crippen LogP) is 4.83. The highest BCUT2D eigenvalue weighted by Gasteiger charge is 2.16. The van der Waals surface area contributed by atoms with Crippen molar-refractivity contribution in [2.24, 2.45) is 5.84 Å². The van der Waals surface area contributed by atoms with Crippen LogP contribution in [0.4, 0.5) is 11.4 Å². The van der Waals surface area contributed by atoms with Crippen LogP contribution in [0.25, 0.3) is 0 Å². The van der Waals surface area contributed by atoms with E-state index in [9.17, 15) is 0 Å². The van der Waals surface area contributed by atoms with Gasteiger partial charge in [-0.2, -0.15) is 0 Å². The molecule has 0 radical (unpaired) electrons. The number of hydrazine groups is 1. The lowest BCUT2D eigenvalue weighted by molar-refractivity contribution is 0.590. The lowest BCUT2D eigenvalue weighted by Crippen LogP contribution is -2.16. The Morgan fingerprint density at radius 3 is 2.41 bits per heavy atom. The molecule has 0 aliphatic rings. The number of hydrogen-bond donors (Lipinski definition) is 3. The first kappa shape index (κ1) is 16.4. The molecule has 1 unspecified atom stereocenters. The number of para-hydroxylation sites is 1. The summed E-state index contributed by atoms with van der Waals surface area (Å²) in [6, 6.07) is 17.0. The molecule has 0 aliphatic carbocycles. The van der Waals surface area contributed by atoms with Gasteiger partial charge in [0.25, 0.3) is 0 Å². The Morgan fingerprint density at radius 2 is 1.77 bits per heavy atom. The van der Waals surface area contributed by atoms with Crippen LogP contribution in [0.5, 0.6) is 0 Å². The van der Waals surface area contributed by atoms with Gasteiger partial charge in [-0.3, -0.25) is 5.84 Å². The van der Waals surface area contributed by atoms with E-state index < -0.39 is 0 Å². The third-order valence-corrected chi connectivity index (χ3v) is 3.97. The molecular formula is C19H27N3. The highest BCUT2D eigenvalue weighted by atomic mass is 15.2. The van der Waals surface area contributed by atoms with Crippen molar-refractivity contribution in [3.63, 3.8) is 0 Å². The fraction of sp³-hybridized carbons (Fsp3) is 0.368. The average Bonchev–Trinajstić information content (AvgIpc) is 2.52. The van der Waals surface area contributed by atoms with Crippen molar-refractivity contribution < 1.29 is 0 Å². The average molecular weight is 297 g/mol. The second-order valence-electron chi connectivity index (χ2n) is 6.67. The molecule has 0 bridgehead atoms. The molecule has 0 aromatic heterocycles. The topological polar surface area (TPSA) is 50.1 Å². The summed E-state index contributed by atoms with van der Waals surface area (Å²) in [6.07, 6.45) is 0.985. The van der Waals surface area contributed by atoms with Gasteiger partial charge in [0.1, 0.15) is 0 Å². The summed E-state index contributed by atoms with van der Waals surface area (Å²) in [5.41, 5.74) is 7.57. The molecule has 2 aromatic rings. The van der Waals surface area contributed by atoms with Crippen LogP contribution in [0.15, 0.2) is 48.5 Å². The molecule has 0 saturated carbocycles. The van der Waals surface area contributed by atoms with E-state index in [1.165, 1.54) is 11.1 Å². The van der Waals surface area contributed by atoms with Crippen molar-refractivity contribution in [3.05, 3.63) is 59.7 Å². The van der Waals surface area contributed by atoms with E-state index in [2.05, 4.69) is 68.8 Å². The second kappa shape index (κ2) is 6.84. The second-order valence-corrected chi connectivity index (χ2v) is 6.67. The van der Waals surface area contributed by atoms with Crippen molar-refractivity contribution in [1.29, 1.82) is 0 Å². The van der Waals surface area contributed by atoms with Gasteiger partial charge in [0.2, 0.25) is 0 Å². The third-order valence-electron chi connectivity index (χ3n) is 3.97. The summed E-state index contributed by atoms with van der Waals surface area (Å²) in [4.78, 5) is 0. The van der Waals surface area contributed by atoms with E-state index in [1.807, 2.05) is 18.2 Å². The summed E-state index contributed by atoms with van der Waals surface area (Å²) < 4.78 is 0. The number of nitrogens with two attached hydrogens (primary N) is 1. The van der Waals surface area contributed by atoms with Crippen molar-refractivity contribution >= 4 is 11.4 Å². The van der Waals surface area contributed by atoms with Gasteiger partial charge in [0, 0.05) is 5.69 Å². The largest absolute Gasteiger partial charge is 0.378 e. The van der Waals surface area contributed by atoms with E-state index in [1.54, 1.807) is 0 Å². The normalized spacial score (nSPS) is 12.8. The Balaban J connectivity index is 2.27. The third kappa shape index (κ3) is 3.80. The molecule has 0 amide bonds. The summed E-state index contributed by atoms with van der Waals surface area (Å²) in [7, 11) is 0. The first-order chi connectivity index (χ1) is 10.5. The molecule has 0 aliphatic heterocycles. The van der Waals surface area contributed by atoms with E-state index in [0.717, 1.165) is 17.8 Å². The van der Waals surface area contributed by atoms with E-state index >= 15 is 0 Å². The SMILES string of the molecule is CCC(Nc1cccc(C(C)(C)C)c1)c1ccccc1NN. The minimum absolute atomic E-state index is 0.149. The molecule has 3 heteroatoms. The highest BCUT2D eigenvalue weighted by molar-refractivity contribution is 5.56. The molecule has 2 aromatic carbocycles. The number of rotatable bonds is 5. The fourth-order valence-electron chi connectivity index (χ4n) is 2.61. The van der Waals surface area contributed by atoms with E-state index in [0.29, 0.717) is 0 Å². The maximum Gasteiger partial charge on any atom is 0.0537 e. The molecule has 118 valence electrons. The van der Waals surface area contributed by atoms with Crippen LogP contribution in [-0.4, -0.2) is 0 Å². The molecule has 0 spiro atoms. The molecule has 1 atom stereocenters. The maximum absolute atomic E-state index is 5.64. The van der Waals surface area contributed by atoms with Crippen LogP contribution in [0, 0.1) is 0 Å². The minimum Gasteiger partial charge on any atom is -0.378 e. The maximum atomic E-state index is 5.64. The first-order valence-electron chi connectivity index (χ1n) is 7.88. The number of nitrogen functional groups attached to an aromatic ring is 1. The summed E-state index contributed by atoms with van der Waals surface area (Å²) in [5, 5.41) is 3.64. The standard InChI is InChI=1S/C19H27N3/c1-5-17(16-11-6-7-12-18(16)22-20)21-15-10-8-9-14(13-15)19(2,3)4/h6-13,17,21-22H,5,20H2,1-4H3. The van der Waals surface area contributed by atoms with Crippen molar-refractivity contribution in [2.45, 2.75) is 45.6 Å². The van der Waals surface area contributed by atoms with Gasteiger partial charge in [-0.1, -0.05) is 58.0 Å². The van der Waals surface area contributed by atoms with Crippen LogP contribution < -0.4 is 16.6 Å². The smallest absolute Gasteiger partial charge is 0.0537 e. The van der Waals surface area contributed by atoms with Gasteiger partial charge in [-0.25, -0.2) is 0 Å². The predicted molar refractivity (Wildman–Crippen MR) is 96.0 cm³/mol. The van der Waals surface area contributed by atoms with Crippen LogP contribution in [0.1, 0.15) is 51.3 Å². The van der Waals surface area contributed by atoms with E-state index in [-0.39, 0.29) is 11.5 Å². The van der Waals surface area contributed by atoms with Gasteiger partial charge in [0.15, 0.2) is 0 Å². The summed E-state index contributed by atoms with van der Waals surface area (Å²) in [6.45, 7) is 8.88. The highest BCUT2D eigenvalue weighted by Crippen LogP contribution is 2.30. The Labute approximate surface area is 133 Å². The number of anilines is 2. The Morgan fingerprint density at radius 1 is 1.05 bits per heavy atom. The minimum atomic E-state index is 0.149. The lowest BCUT2D eigenvalue weighted by atomic mass is 9.87. The van der Waals surface area contributed by atoms with Gasteiger partial charge < -0.3 is 10.7 Å². The van der Waals surface area contributed by atoms with Gasteiger partial charge in [-0.05, 0) is 41.2 Å². The first-order valence-corrected chi connectivity index (χ1v) is 7.88. The summed E-state index contributed by atoms with van der Waals surface area (Å²) in [5.74, 6) is 5.64. The molecule has 0 fully saturated rings. The molecule has 3 nitrogen and oxygen atoms in total. The Bertz CT molecular complexity index is 614. The Kier molecular flexibility index (Phi) is 5.09. The zero-order chi connectivity index (χ0) is 16.2. The van der Waals surface area contributed by atoms with Crippen LogP contribution in [0.2, 0.25) is 0 Å². The Hall–Kier alpha value is -2.00. The van der Waals surface area contributed by atoms with E-state index in [4.69, 9.17) is 5.84 Å². The van der Waals surface area contributed by atoms with Gasteiger partial charge in [-0.15, -0.1) is 0 Å². The zero-order valence-electron chi connectivity index (χ0n) is 14.0. The molecular weight excluding hydrogens is 270 g/mol. The zero-order valence-corrected chi connectivity index (χ0v) is 14.0. The number of benzene rings is 2. The molecule has 0 saturated heterocycles. The van der Waals surface area contributed by atoms with Crippen molar-refractivity contribution in [3.8, 4) is 0 Å². The number of hydrogen-bond acceptors (Lipinski definition) is 3. The van der Waals surface area contributed by atoms with Crippen LogP contribution >= 0.6 is 0 Å². The van der Waals surface area contributed by atoms with Gasteiger partial charge >= 0.3 is 0 Å². The van der Waals surface area contributed by atoms with Crippen molar-refractivity contribution in [2.75, 3.05) is 10.7 Å². The fourth-order valence-corrected chi connectivity index (χ4v) is 2.61. The monoisotopic (exact) mass is 297 g/mol.